The van der Waals surface area contributed by atoms with Crippen molar-refractivity contribution < 1.29 is 29.0 Å². The summed E-state index contributed by atoms with van der Waals surface area (Å²) in [4.78, 5) is 40.7. The fourth-order valence-corrected chi connectivity index (χ4v) is 4.28. The highest BCUT2D eigenvalue weighted by atomic mass is 35.5. The van der Waals surface area contributed by atoms with E-state index in [1.807, 2.05) is 45.0 Å². The largest absolute Gasteiger partial charge is 0.506 e. The lowest BCUT2D eigenvalue weighted by Gasteiger charge is -2.35. The highest BCUT2D eigenvalue weighted by Crippen LogP contribution is 2.28. The van der Waals surface area contributed by atoms with Crippen molar-refractivity contribution in [2.45, 2.75) is 26.4 Å². The first-order valence-corrected chi connectivity index (χ1v) is 13.1. The summed E-state index contributed by atoms with van der Waals surface area (Å²) in [5.41, 5.74) is 2.86. The number of aromatic hydroxyl groups is 1. The zero-order valence-corrected chi connectivity index (χ0v) is 23.3. The second-order valence-corrected chi connectivity index (χ2v) is 10.6. The lowest BCUT2D eigenvalue weighted by Crippen LogP contribution is -2.52. The molecule has 0 unspecified atom stereocenters. The number of hydrogen-bond donors (Lipinski definition) is 2. The van der Waals surface area contributed by atoms with Crippen LogP contribution in [0.25, 0.3) is 10.8 Å². The van der Waals surface area contributed by atoms with Crippen molar-refractivity contribution in [2.24, 2.45) is 5.10 Å². The van der Waals surface area contributed by atoms with Crippen molar-refractivity contribution >= 4 is 46.5 Å². The highest BCUT2D eigenvalue weighted by molar-refractivity contribution is 6.32. The molecule has 0 spiro atoms. The highest BCUT2D eigenvalue weighted by Gasteiger charge is 2.27. The number of benzene rings is 3. The number of hydrogen-bond acceptors (Lipinski definition) is 7. The number of piperazine rings is 1. The number of fused-ring (bicyclic) bond motifs is 1. The first-order valence-electron chi connectivity index (χ1n) is 12.7. The van der Waals surface area contributed by atoms with E-state index in [1.54, 1.807) is 21.9 Å². The molecule has 40 heavy (non-hydrogen) atoms. The zero-order valence-electron chi connectivity index (χ0n) is 22.5. The van der Waals surface area contributed by atoms with E-state index in [2.05, 4.69) is 10.5 Å². The van der Waals surface area contributed by atoms with Crippen LogP contribution >= 0.6 is 11.6 Å². The number of nitrogens with zero attached hydrogens (tertiary/aromatic N) is 3. The van der Waals surface area contributed by atoms with Gasteiger partial charge in [-0.05, 0) is 56.5 Å². The lowest BCUT2D eigenvalue weighted by atomic mass is 10.0. The van der Waals surface area contributed by atoms with Crippen molar-refractivity contribution in [3.63, 3.8) is 0 Å². The minimum atomic E-state index is -0.571. The molecule has 0 aliphatic carbocycles. The van der Waals surface area contributed by atoms with Crippen molar-refractivity contribution in [1.29, 1.82) is 0 Å². The van der Waals surface area contributed by atoms with E-state index in [9.17, 15) is 19.5 Å². The summed E-state index contributed by atoms with van der Waals surface area (Å²) in [5.74, 6) is -0.224. The zero-order chi connectivity index (χ0) is 28.9. The smallest absolute Gasteiger partial charge is 0.410 e. The average Bonchev–Trinajstić information content (AvgIpc) is 2.92. The van der Waals surface area contributed by atoms with Gasteiger partial charge in [-0.1, -0.05) is 35.9 Å². The van der Waals surface area contributed by atoms with Crippen LogP contribution in [-0.2, 0) is 9.53 Å². The molecule has 0 aromatic heterocycles. The van der Waals surface area contributed by atoms with Gasteiger partial charge in [0.05, 0.1) is 11.2 Å². The molecular formula is C29H31ClN4O6. The molecule has 0 saturated carbocycles. The molecule has 1 aliphatic rings. The van der Waals surface area contributed by atoms with Crippen LogP contribution in [0.3, 0.4) is 0 Å². The third-order valence-corrected chi connectivity index (χ3v) is 6.44. The number of nitrogens with one attached hydrogen (secondary N) is 1. The van der Waals surface area contributed by atoms with E-state index >= 15 is 0 Å². The Bertz CT molecular complexity index is 1440. The maximum Gasteiger partial charge on any atom is 0.410 e. The number of phenols is 1. The molecule has 0 bridgehead atoms. The van der Waals surface area contributed by atoms with Gasteiger partial charge in [-0.25, -0.2) is 10.2 Å². The minimum Gasteiger partial charge on any atom is -0.506 e. The third-order valence-electron chi connectivity index (χ3n) is 6.13. The summed E-state index contributed by atoms with van der Waals surface area (Å²) in [6.07, 6.45) is 1.14. The standard InChI is InChI=1S/C29H31ClN4O6/c1-29(2,3)40-28(38)34-14-12-33(13-15-34)26(36)18-39-25-11-9-20(21-6-4-5-7-22(21)25)17-31-32-27(37)19-8-10-24(35)23(30)16-19/h4-11,16-17,35H,12-15,18H2,1-3H3,(H,32,37). The van der Waals surface area contributed by atoms with Crippen LogP contribution in [0.2, 0.25) is 5.02 Å². The number of carbonyl (C=O) groups excluding carboxylic acids is 3. The number of carbonyl (C=O) groups is 3. The van der Waals surface area contributed by atoms with E-state index in [0.29, 0.717) is 31.9 Å². The molecule has 2 N–H and O–H groups in total. The van der Waals surface area contributed by atoms with E-state index in [-0.39, 0.29) is 34.9 Å². The Morgan fingerprint density at radius 3 is 2.35 bits per heavy atom. The number of hydrazone groups is 1. The maximum absolute atomic E-state index is 12.8. The molecule has 210 valence electrons. The Balaban J connectivity index is 1.36. The molecule has 1 fully saturated rings. The minimum absolute atomic E-state index is 0.0692. The van der Waals surface area contributed by atoms with Gasteiger partial charge in [0.15, 0.2) is 6.61 Å². The van der Waals surface area contributed by atoms with Crippen LogP contribution in [0.1, 0.15) is 36.7 Å². The SMILES string of the molecule is CC(C)(C)OC(=O)N1CCN(C(=O)COc2ccc(C=NNC(=O)c3ccc(O)c(Cl)c3)c3ccccc23)CC1. The lowest BCUT2D eigenvalue weighted by molar-refractivity contribution is -0.135. The van der Waals surface area contributed by atoms with Crippen molar-refractivity contribution in [2.75, 3.05) is 32.8 Å². The van der Waals surface area contributed by atoms with E-state index < -0.39 is 11.5 Å². The number of amides is 3. The molecule has 10 nitrogen and oxygen atoms in total. The number of rotatable bonds is 6. The van der Waals surface area contributed by atoms with Gasteiger partial charge in [0.25, 0.3) is 11.8 Å². The second-order valence-electron chi connectivity index (χ2n) is 10.2. The van der Waals surface area contributed by atoms with E-state index in [1.165, 1.54) is 24.4 Å². The van der Waals surface area contributed by atoms with Gasteiger partial charge in [-0.3, -0.25) is 9.59 Å². The molecule has 1 heterocycles. The second kappa shape index (κ2) is 12.3. The fraction of sp³-hybridized carbons (Fsp3) is 0.310. The van der Waals surface area contributed by atoms with E-state index in [0.717, 1.165) is 16.3 Å². The van der Waals surface area contributed by atoms with Crippen molar-refractivity contribution in [3.8, 4) is 11.5 Å². The predicted molar refractivity (Wildman–Crippen MR) is 152 cm³/mol. The monoisotopic (exact) mass is 566 g/mol. The van der Waals surface area contributed by atoms with E-state index in [4.69, 9.17) is 21.1 Å². The third kappa shape index (κ3) is 7.20. The Morgan fingerprint density at radius 1 is 1.00 bits per heavy atom. The van der Waals surface area contributed by atoms with Gasteiger partial charge in [-0.15, -0.1) is 0 Å². The Kier molecular flexibility index (Phi) is 8.79. The van der Waals surface area contributed by atoms with Gasteiger partial charge in [-0.2, -0.15) is 5.10 Å². The maximum atomic E-state index is 12.8. The van der Waals surface area contributed by atoms with Crippen LogP contribution < -0.4 is 10.2 Å². The molecular weight excluding hydrogens is 536 g/mol. The van der Waals surface area contributed by atoms with Crippen LogP contribution in [-0.4, -0.2) is 77.4 Å². The summed E-state index contributed by atoms with van der Waals surface area (Å²) < 4.78 is 11.3. The molecule has 1 saturated heterocycles. The first kappa shape index (κ1) is 28.7. The Labute approximate surface area is 237 Å². The van der Waals surface area contributed by atoms with Gasteiger partial charge < -0.3 is 24.4 Å². The van der Waals surface area contributed by atoms with Crippen molar-refractivity contribution in [1.82, 2.24) is 15.2 Å². The molecule has 0 radical (unpaired) electrons. The molecule has 3 aromatic carbocycles. The number of ether oxygens (including phenoxy) is 2. The number of phenolic OH excluding ortho intramolecular Hbond substituents is 1. The van der Waals surface area contributed by atoms with Crippen LogP contribution in [0.15, 0.2) is 59.7 Å². The molecule has 0 atom stereocenters. The topological polar surface area (TPSA) is 121 Å². The summed E-state index contributed by atoms with van der Waals surface area (Å²) in [6, 6.07) is 15.2. The van der Waals surface area contributed by atoms with Gasteiger partial charge in [0.1, 0.15) is 17.1 Å². The fourth-order valence-electron chi connectivity index (χ4n) is 4.10. The van der Waals surface area contributed by atoms with Gasteiger partial charge in [0.2, 0.25) is 0 Å². The average molecular weight is 567 g/mol. The summed E-state index contributed by atoms with van der Waals surface area (Å²) in [7, 11) is 0. The van der Waals surface area contributed by atoms with Crippen molar-refractivity contribution in [3.05, 3.63) is 70.7 Å². The molecule has 3 aromatic rings. The van der Waals surface area contributed by atoms with Gasteiger partial charge in [0, 0.05) is 42.7 Å². The quantitative estimate of drug-likeness (QED) is 0.336. The molecule has 4 rings (SSSR count). The number of halogens is 1. The molecule has 3 amide bonds. The first-order chi connectivity index (χ1) is 19.0. The summed E-state index contributed by atoms with van der Waals surface area (Å²) >= 11 is 5.87. The Morgan fingerprint density at radius 2 is 1.68 bits per heavy atom. The van der Waals surface area contributed by atoms with Crippen LogP contribution in [0.4, 0.5) is 4.79 Å². The molecule has 11 heteroatoms. The Hall–Kier alpha value is -4.31. The normalized spacial score (nSPS) is 13.9. The van der Waals surface area contributed by atoms with Crippen LogP contribution in [0.5, 0.6) is 11.5 Å². The molecule has 1 aliphatic heterocycles. The van der Waals surface area contributed by atoms with Gasteiger partial charge >= 0.3 is 6.09 Å². The summed E-state index contributed by atoms with van der Waals surface area (Å²) in [6.45, 7) is 6.91. The summed E-state index contributed by atoms with van der Waals surface area (Å²) in [5, 5.41) is 15.3. The predicted octanol–water partition coefficient (Wildman–Crippen LogP) is 4.42. The van der Waals surface area contributed by atoms with Crippen LogP contribution in [0, 0.1) is 0 Å².